The lowest BCUT2D eigenvalue weighted by Crippen LogP contribution is -2.58. The monoisotopic (exact) mass is 272 g/mol. The predicted molar refractivity (Wildman–Crippen MR) is 78.3 cm³/mol. The van der Waals surface area contributed by atoms with E-state index in [1.807, 2.05) is 13.8 Å². The van der Waals surface area contributed by atoms with Gasteiger partial charge in [-0.2, -0.15) is 5.26 Å². The van der Waals surface area contributed by atoms with Crippen molar-refractivity contribution in [2.24, 2.45) is 0 Å². The molecule has 1 aliphatic rings. The van der Waals surface area contributed by atoms with E-state index in [-0.39, 0.29) is 5.91 Å². The van der Waals surface area contributed by atoms with Crippen molar-refractivity contribution in [2.75, 3.05) is 31.5 Å². The van der Waals surface area contributed by atoms with E-state index in [0.29, 0.717) is 5.56 Å². The quantitative estimate of drug-likeness (QED) is 0.867. The number of carbonyl (C=O) groups is 1. The molecule has 0 atom stereocenters. The summed E-state index contributed by atoms with van der Waals surface area (Å²) in [5.74, 6) is -0.0240. The zero-order chi connectivity index (χ0) is 14.6. The summed E-state index contributed by atoms with van der Waals surface area (Å²) in [6.45, 7) is 7.44. The number of carbonyl (C=O) groups excluding carboxylic acids is 1. The van der Waals surface area contributed by atoms with Gasteiger partial charge in [0, 0.05) is 31.9 Å². The Kier molecular flexibility index (Phi) is 4.38. The van der Waals surface area contributed by atoms with Gasteiger partial charge in [0.15, 0.2) is 0 Å². The van der Waals surface area contributed by atoms with E-state index < -0.39 is 5.54 Å². The Balaban J connectivity index is 2.04. The Morgan fingerprint density at radius 1 is 1.30 bits per heavy atom. The van der Waals surface area contributed by atoms with Gasteiger partial charge in [-0.3, -0.25) is 9.69 Å². The van der Waals surface area contributed by atoms with Gasteiger partial charge in [0.2, 0.25) is 5.91 Å². The molecule has 0 aromatic heterocycles. The molecule has 0 bridgehead atoms. The van der Waals surface area contributed by atoms with Gasteiger partial charge in [0.1, 0.15) is 0 Å². The van der Waals surface area contributed by atoms with E-state index in [1.165, 1.54) is 0 Å². The van der Waals surface area contributed by atoms with Gasteiger partial charge in [-0.1, -0.05) is 0 Å². The standard InChI is InChI=1S/C15H20N4O/c1-15(2,19-9-7-17-8-10-19)14(20)18-13-5-3-12(11-16)4-6-13/h3-6,17H,7-10H2,1-2H3,(H,18,20). The maximum atomic E-state index is 12.4. The molecule has 1 aromatic rings. The molecule has 1 saturated heterocycles. The van der Waals surface area contributed by atoms with Crippen LogP contribution in [-0.2, 0) is 4.79 Å². The molecule has 0 aliphatic carbocycles. The normalized spacial score (nSPS) is 16.4. The lowest BCUT2D eigenvalue weighted by atomic mass is 10.00. The van der Waals surface area contributed by atoms with Crippen LogP contribution in [0.15, 0.2) is 24.3 Å². The van der Waals surface area contributed by atoms with Gasteiger partial charge in [-0.15, -0.1) is 0 Å². The SMILES string of the molecule is CC(C)(C(=O)Nc1ccc(C#N)cc1)N1CCNCC1. The topological polar surface area (TPSA) is 68.2 Å². The smallest absolute Gasteiger partial charge is 0.244 e. The van der Waals surface area contributed by atoms with Gasteiger partial charge in [-0.25, -0.2) is 0 Å². The molecular formula is C15H20N4O. The van der Waals surface area contributed by atoms with E-state index in [4.69, 9.17) is 5.26 Å². The van der Waals surface area contributed by atoms with Gasteiger partial charge >= 0.3 is 0 Å². The van der Waals surface area contributed by atoms with E-state index >= 15 is 0 Å². The number of amides is 1. The number of nitriles is 1. The van der Waals surface area contributed by atoms with Crippen LogP contribution in [0.1, 0.15) is 19.4 Å². The molecule has 1 aromatic carbocycles. The van der Waals surface area contributed by atoms with Crippen LogP contribution in [0, 0.1) is 11.3 Å². The van der Waals surface area contributed by atoms with Crippen LogP contribution in [0.25, 0.3) is 0 Å². The molecule has 0 saturated carbocycles. The molecular weight excluding hydrogens is 252 g/mol. The Morgan fingerprint density at radius 3 is 2.45 bits per heavy atom. The van der Waals surface area contributed by atoms with Crippen molar-refractivity contribution in [1.29, 1.82) is 5.26 Å². The second-order valence-corrected chi connectivity index (χ2v) is 5.44. The minimum Gasteiger partial charge on any atom is -0.324 e. The summed E-state index contributed by atoms with van der Waals surface area (Å²) < 4.78 is 0. The number of anilines is 1. The van der Waals surface area contributed by atoms with Gasteiger partial charge in [-0.05, 0) is 38.1 Å². The molecule has 0 unspecified atom stereocenters. The van der Waals surface area contributed by atoms with E-state index in [1.54, 1.807) is 24.3 Å². The van der Waals surface area contributed by atoms with E-state index in [2.05, 4.69) is 21.6 Å². The van der Waals surface area contributed by atoms with Crippen molar-refractivity contribution in [3.8, 4) is 6.07 Å². The number of hydrogen-bond donors (Lipinski definition) is 2. The first-order valence-corrected chi connectivity index (χ1v) is 6.81. The molecule has 1 heterocycles. The Hall–Kier alpha value is -1.90. The average molecular weight is 272 g/mol. The zero-order valence-electron chi connectivity index (χ0n) is 11.9. The fraction of sp³-hybridized carbons (Fsp3) is 0.467. The average Bonchev–Trinajstić information content (AvgIpc) is 2.49. The van der Waals surface area contributed by atoms with Crippen LogP contribution in [0.3, 0.4) is 0 Å². The second-order valence-electron chi connectivity index (χ2n) is 5.44. The summed E-state index contributed by atoms with van der Waals surface area (Å²) in [6.07, 6.45) is 0. The van der Waals surface area contributed by atoms with Crippen LogP contribution >= 0.6 is 0 Å². The number of piperazine rings is 1. The molecule has 1 fully saturated rings. The van der Waals surface area contributed by atoms with Crippen LogP contribution < -0.4 is 10.6 Å². The molecule has 2 N–H and O–H groups in total. The summed E-state index contributed by atoms with van der Waals surface area (Å²) in [6, 6.07) is 8.97. The highest BCUT2D eigenvalue weighted by atomic mass is 16.2. The predicted octanol–water partition coefficient (Wildman–Crippen LogP) is 1.18. The van der Waals surface area contributed by atoms with Crippen molar-refractivity contribution in [1.82, 2.24) is 10.2 Å². The summed E-state index contributed by atoms with van der Waals surface area (Å²) in [5.41, 5.74) is 0.761. The van der Waals surface area contributed by atoms with Crippen LogP contribution in [0.2, 0.25) is 0 Å². The van der Waals surface area contributed by atoms with Crippen molar-refractivity contribution < 1.29 is 4.79 Å². The third-order valence-electron chi connectivity index (χ3n) is 3.74. The van der Waals surface area contributed by atoms with Gasteiger partial charge in [0.25, 0.3) is 0 Å². The first-order valence-electron chi connectivity index (χ1n) is 6.81. The third-order valence-corrected chi connectivity index (χ3v) is 3.74. The lowest BCUT2D eigenvalue weighted by molar-refractivity contribution is -0.126. The minimum absolute atomic E-state index is 0.0240. The zero-order valence-corrected chi connectivity index (χ0v) is 11.9. The highest BCUT2D eigenvalue weighted by molar-refractivity contribution is 5.97. The number of nitrogens with zero attached hydrogens (tertiary/aromatic N) is 2. The second kappa shape index (κ2) is 6.04. The molecule has 20 heavy (non-hydrogen) atoms. The third kappa shape index (κ3) is 3.16. The summed E-state index contributed by atoms with van der Waals surface area (Å²) >= 11 is 0. The van der Waals surface area contributed by atoms with E-state index in [9.17, 15) is 4.79 Å². The minimum atomic E-state index is -0.546. The van der Waals surface area contributed by atoms with Crippen LogP contribution in [0.5, 0.6) is 0 Å². The largest absolute Gasteiger partial charge is 0.324 e. The van der Waals surface area contributed by atoms with E-state index in [0.717, 1.165) is 31.9 Å². The fourth-order valence-electron chi connectivity index (χ4n) is 2.28. The van der Waals surface area contributed by atoms with Gasteiger partial charge < -0.3 is 10.6 Å². The Bertz CT molecular complexity index is 510. The highest BCUT2D eigenvalue weighted by Crippen LogP contribution is 2.18. The number of benzene rings is 1. The van der Waals surface area contributed by atoms with Gasteiger partial charge in [0.05, 0.1) is 17.2 Å². The summed E-state index contributed by atoms with van der Waals surface area (Å²) in [5, 5.41) is 15.0. The number of hydrogen-bond acceptors (Lipinski definition) is 4. The lowest BCUT2D eigenvalue weighted by Gasteiger charge is -2.39. The molecule has 5 heteroatoms. The Morgan fingerprint density at radius 2 is 1.90 bits per heavy atom. The number of rotatable bonds is 3. The molecule has 106 valence electrons. The Labute approximate surface area is 119 Å². The van der Waals surface area contributed by atoms with Crippen molar-refractivity contribution >= 4 is 11.6 Å². The summed E-state index contributed by atoms with van der Waals surface area (Å²) in [7, 11) is 0. The highest BCUT2D eigenvalue weighted by Gasteiger charge is 2.35. The number of nitrogens with one attached hydrogen (secondary N) is 2. The first-order chi connectivity index (χ1) is 9.54. The summed E-state index contributed by atoms with van der Waals surface area (Å²) in [4.78, 5) is 14.6. The molecule has 2 rings (SSSR count). The van der Waals surface area contributed by atoms with Crippen molar-refractivity contribution in [3.05, 3.63) is 29.8 Å². The molecule has 0 radical (unpaired) electrons. The van der Waals surface area contributed by atoms with Crippen LogP contribution in [-0.4, -0.2) is 42.5 Å². The molecule has 5 nitrogen and oxygen atoms in total. The maximum Gasteiger partial charge on any atom is 0.244 e. The maximum absolute atomic E-state index is 12.4. The van der Waals surface area contributed by atoms with Crippen molar-refractivity contribution in [3.63, 3.8) is 0 Å². The molecule has 1 aliphatic heterocycles. The first kappa shape index (κ1) is 14.5. The van der Waals surface area contributed by atoms with Crippen molar-refractivity contribution in [2.45, 2.75) is 19.4 Å². The van der Waals surface area contributed by atoms with Crippen LogP contribution in [0.4, 0.5) is 5.69 Å². The molecule has 1 amide bonds. The fourth-order valence-corrected chi connectivity index (χ4v) is 2.28. The molecule has 0 spiro atoms.